The molecule has 0 unspecified atom stereocenters. The van der Waals surface area contributed by atoms with E-state index in [1.165, 1.54) is 0 Å². The molecule has 0 saturated heterocycles. The minimum Gasteiger partial charge on any atom is -0.394 e. The minimum absolute atomic E-state index is 0.123. The lowest BCUT2D eigenvalue weighted by molar-refractivity contribution is 0.269. The van der Waals surface area contributed by atoms with E-state index in [9.17, 15) is 0 Å². The summed E-state index contributed by atoms with van der Waals surface area (Å²) >= 11 is 0. The topological polar surface area (TPSA) is 38.0 Å². The molecule has 1 aromatic heterocycles. The summed E-state index contributed by atoms with van der Waals surface area (Å²) in [5.41, 5.74) is 0.934. The third kappa shape index (κ3) is 1.54. The molecule has 1 aromatic rings. The van der Waals surface area contributed by atoms with E-state index in [1.807, 2.05) is 6.92 Å². The first-order chi connectivity index (χ1) is 4.33. The molecule has 0 saturated carbocycles. The van der Waals surface area contributed by atoms with Crippen LogP contribution in [0.5, 0.6) is 0 Å². The van der Waals surface area contributed by atoms with Crippen LogP contribution < -0.4 is 0 Å². The summed E-state index contributed by atoms with van der Waals surface area (Å²) in [7, 11) is 0. The largest absolute Gasteiger partial charge is 0.394 e. The van der Waals surface area contributed by atoms with Gasteiger partial charge in [0.05, 0.1) is 25.0 Å². The van der Waals surface area contributed by atoms with E-state index in [0.717, 1.165) is 5.69 Å². The van der Waals surface area contributed by atoms with Gasteiger partial charge < -0.3 is 5.11 Å². The fourth-order valence-electron chi connectivity index (χ4n) is 0.625. The number of nitrogens with zero attached hydrogens (tertiary/aromatic N) is 2. The third-order valence-electron chi connectivity index (χ3n) is 1.01. The molecule has 0 aliphatic carbocycles. The average Bonchev–Trinajstić information content (AvgIpc) is 2.17. The molecule has 1 N–H and O–H groups in total. The number of rotatable bonds is 2. The first-order valence-corrected chi connectivity index (χ1v) is 2.86. The zero-order chi connectivity index (χ0) is 6.69. The number of hydrogen-bond acceptors (Lipinski definition) is 2. The van der Waals surface area contributed by atoms with Gasteiger partial charge in [-0.15, -0.1) is 0 Å². The molecular formula is C6H9N2O. The van der Waals surface area contributed by atoms with Crippen molar-refractivity contribution in [3.63, 3.8) is 0 Å². The van der Waals surface area contributed by atoms with E-state index in [4.69, 9.17) is 5.11 Å². The number of aliphatic hydroxyl groups excluding tert-OH is 1. The summed E-state index contributed by atoms with van der Waals surface area (Å²) in [6, 6.07) is 1.79. The van der Waals surface area contributed by atoms with Gasteiger partial charge in [0.2, 0.25) is 0 Å². The maximum Gasteiger partial charge on any atom is 0.0867 e. The zero-order valence-corrected chi connectivity index (χ0v) is 5.33. The van der Waals surface area contributed by atoms with Crippen molar-refractivity contribution >= 4 is 0 Å². The van der Waals surface area contributed by atoms with Crippen molar-refractivity contribution in [1.82, 2.24) is 9.78 Å². The Bertz CT molecular complexity index is 183. The Morgan fingerprint density at radius 2 is 2.67 bits per heavy atom. The quantitative estimate of drug-likeness (QED) is 0.603. The average molecular weight is 125 g/mol. The molecule has 3 heteroatoms. The normalized spacial score (nSPS) is 10.0. The lowest BCUT2D eigenvalue weighted by Gasteiger charge is -1.92. The van der Waals surface area contributed by atoms with Crippen molar-refractivity contribution in [1.29, 1.82) is 0 Å². The molecule has 1 rings (SSSR count). The van der Waals surface area contributed by atoms with Gasteiger partial charge >= 0.3 is 0 Å². The molecule has 1 radical (unpaired) electrons. The molecule has 0 amide bonds. The number of aliphatic hydroxyl groups is 1. The Morgan fingerprint density at radius 3 is 3.11 bits per heavy atom. The van der Waals surface area contributed by atoms with E-state index in [0.29, 0.717) is 6.54 Å². The molecule has 0 aromatic carbocycles. The zero-order valence-electron chi connectivity index (χ0n) is 5.33. The highest BCUT2D eigenvalue weighted by Crippen LogP contribution is 1.89. The monoisotopic (exact) mass is 125 g/mol. The van der Waals surface area contributed by atoms with E-state index in [2.05, 4.69) is 11.3 Å². The molecule has 0 fully saturated rings. The van der Waals surface area contributed by atoms with Crippen molar-refractivity contribution in [3.05, 3.63) is 18.0 Å². The molecule has 49 valence electrons. The van der Waals surface area contributed by atoms with Crippen LogP contribution in [0.25, 0.3) is 0 Å². The summed E-state index contributed by atoms with van der Waals surface area (Å²) in [6.45, 7) is 2.55. The smallest absolute Gasteiger partial charge is 0.0867 e. The van der Waals surface area contributed by atoms with Crippen LogP contribution in [0, 0.1) is 13.1 Å². The second-order valence-electron chi connectivity index (χ2n) is 1.86. The van der Waals surface area contributed by atoms with Crippen LogP contribution in [0.3, 0.4) is 0 Å². The molecule has 9 heavy (non-hydrogen) atoms. The van der Waals surface area contributed by atoms with E-state index in [1.54, 1.807) is 10.7 Å². The Kier molecular flexibility index (Phi) is 1.85. The lowest BCUT2D eigenvalue weighted by Crippen LogP contribution is -2.02. The standard InChI is InChI=1S/C6H9N2O/c1-6-2-3-8(7-6)4-5-9/h2,9H,4-5H2,1H3. The van der Waals surface area contributed by atoms with Gasteiger partial charge in [0, 0.05) is 0 Å². The lowest BCUT2D eigenvalue weighted by atomic mass is 10.5. The van der Waals surface area contributed by atoms with Gasteiger partial charge in [0.1, 0.15) is 0 Å². The molecule has 0 aliphatic heterocycles. The van der Waals surface area contributed by atoms with Crippen molar-refractivity contribution in [2.24, 2.45) is 0 Å². The van der Waals surface area contributed by atoms with Crippen molar-refractivity contribution in [3.8, 4) is 0 Å². The summed E-state index contributed by atoms with van der Waals surface area (Å²) in [6.07, 6.45) is 2.85. The number of aryl methyl sites for hydroxylation is 1. The predicted octanol–water partition coefficient (Wildman–Crippen LogP) is -0.0160. The van der Waals surface area contributed by atoms with Gasteiger partial charge in [0.15, 0.2) is 0 Å². The summed E-state index contributed by atoms with van der Waals surface area (Å²) < 4.78 is 1.59. The highest BCUT2D eigenvalue weighted by molar-refractivity contribution is 4.92. The van der Waals surface area contributed by atoms with Crippen LogP contribution >= 0.6 is 0 Å². The van der Waals surface area contributed by atoms with Gasteiger partial charge in [-0.2, -0.15) is 5.10 Å². The van der Waals surface area contributed by atoms with E-state index >= 15 is 0 Å². The highest BCUT2D eigenvalue weighted by Gasteiger charge is 1.90. The van der Waals surface area contributed by atoms with Crippen molar-refractivity contribution < 1.29 is 5.11 Å². The SMILES string of the molecule is Cc1c[c]n(CCO)n1. The Labute approximate surface area is 53.9 Å². The van der Waals surface area contributed by atoms with Gasteiger partial charge in [-0.3, -0.25) is 4.68 Å². The van der Waals surface area contributed by atoms with E-state index < -0.39 is 0 Å². The minimum atomic E-state index is 0.123. The van der Waals surface area contributed by atoms with Crippen LogP contribution in [0.15, 0.2) is 6.07 Å². The van der Waals surface area contributed by atoms with Crippen LogP contribution in [0.1, 0.15) is 5.69 Å². The van der Waals surface area contributed by atoms with Crippen LogP contribution in [-0.4, -0.2) is 21.5 Å². The maximum atomic E-state index is 8.45. The van der Waals surface area contributed by atoms with Crippen LogP contribution in [-0.2, 0) is 6.54 Å². The number of aromatic nitrogens is 2. The Hall–Kier alpha value is -0.830. The van der Waals surface area contributed by atoms with Crippen LogP contribution in [0.2, 0.25) is 0 Å². The Balaban J connectivity index is 2.61. The third-order valence-corrected chi connectivity index (χ3v) is 1.01. The second kappa shape index (κ2) is 2.64. The molecule has 0 atom stereocenters. The molecule has 0 spiro atoms. The molecule has 0 aliphatic rings. The Morgan fingerprint density at radius 1 is 1.89 bits per heavy atom. The highest BCUT2D eigenvalue weighted by atomic mass is 16.3. The van der Waals surface area contributed by atoms with Gasteiger partial charge in [-0.25, -0.2) is 0 Å². The molecule has 0 bridgehead atoms. The predicted molar refractivity (Wildman–Crippen MR) is 32.9 cm³/mol. The van der Waals surface area contributed by atoms with Gasteiger partial charge in [-0.05, 0) is 13.0 Å². The van der Waals surface area contributed by atoms with Gasteiger partial charge in [0.25, 0.3) is 0 Å². The first-order valence-electron chi connectivity index (χ1n) is 2.86. The maximum absolute atomic E-state index is 8.45. The number of hydrogen-bond donors (Lipinski definition) is 1. The van der Waals surface area contributed by atoms with Crippen molar-refractivity contribution in [2.45, 2.75) is 13.5 Å². The summed E-state index contributed by atoms with van der Waals surface area (Å²) in [4.78, 5) is 0. The summed E-state index contributed by atoms with van der Waals surface area (Å²) in [5, 5.41) is 12.4. The fraction of sp³-hybridized carbons (Fsp3) is 0.500. The molecule has 1 heterocycles. The van der Waals surface area contributed by atoms with Crippen LogP contribution in [0.4, 0.5) is 0 Å². The molecular weight excluding hydrogens is 116 g/mol. The van der Waals surface area contributed by atoms with Crippen molar-refractivity contribution in [2.75, 3.05) is 6.61 Å². The fourth-order valence-corrected chi connectivity index (χ4v) is 0.625. The summed E-state index contributed by atoms with van der Waals surface area (Å²) in [5.74, 6) is 0. The molecule has 3 nitrogen and oxygen atoms in total. The first kappa shape index (κ1) is 6.29. The van der Waals surface area contributed by atoms with Gasteiger partial charge in [-0.1, -0.05) is 0 Å². The second-order valence-corrected chi connectivity index (χ2v) is 1.86. The van der Waals surface area contributed by atoms with E-state index in [-0.39, 0.29) is 6.61 Å².